The van der Waals surface area contributed by atoms with Crippen molar-refractivity contribution in [1.82, 2.24) is 4.90 Å². The van der Waals surface area contributed by atoms with Crippen LogP contribution in [-0.2, 0) is 4.79 Å². The third-order valence-electron chi connectivity index (χ3n) is 3.89. The van der Waals surface area contributed by atoms with Gasteiger partial charge >= 0.3 is 0 Å². The molecule has 0 unspecified atom stereocenters. The monoisotopic (exact) mass is 259 g/mol. The quantitative estimate of drug-likeness (QED) is 0.688. The maximum Gasteiger partial charge on any atom is 0.228 e. The summed E-state index contributed by atoms with van der Waals surface area (Å²) in [5.41, 5.74) is -0.116. The molecule has 1 aliphatic carbocycles. The molecule has 2 nitrogen and oxygen atoms in total. The highest BCUT2D eigenvalue weighted by Crippen LogP contribution is 2.37. The topological polar surface area (TPSA) is 20.3 Å². The third-order valence-corrected chi connectivity index (χ3v) is 4.16. The predicted molar refractivity (Wildman–Crippen MR) is 73.4 cm³/mol. The Balaban J connectivity index is 2.68. The van der Waals surface area contributed by atoms with Crippen LogP contribution in [0, 0.1) is 5.41 Å². The van der Waals surface area contributed by atoms with E-state index in [1.165, 1.54) is 19.3 Å². The van der Waals surface area contributed by atoms with Crippen molar-refractivity contribution in [3.05, 3.63) is 0 Å². The molecule has 1 saturated carbocycles. The Hall–Kier alpha value is -0.240. The lowest BCUT2D eigenvalue weighted by atomic mass is 9.74. The Morgan fingerprint density at radius 2 is 1.88 bits per heavy atom. The molecule has 1 amide bonds. The number of carbonyl (C=O) groups excluding carboxylic acids is 1. The van der Waals surface area contributed by atoms with E-state index >= 15 is 0 Å². The van der Waals surface area contributed by atoms with Gasteiger partial charge in [-0.2, -0.15) is 0 Å². The van der Waals surface area contributed by atoms with Crippen molar-refractivity contribution >= 4 is 17.5 Å². The number of hydrogen-bond acceptors (Lipinski definition) is 1. The van der Waals surface area contributed by atoms with Crippen LogP contribution in [0.3, 0.4) is 0 Å². The minimum Gasteiger partial charge on any atom is -0.340 e. The fourth-order valence-corrected chi connectivity index (χ4v) is 2.84. The molecular weight excluding hydrogens is 234 g/mol. The molecule has 1 fully saturated rings. The number of rotatable bonds is 5. The molecule has 0 aromatic heterocycles. The molecule has 0 aliphatic heterocycles. The number of halogens is 1. The lowest BCUT2D eigenvalue weighted by molar-refractivity contribution is -0.145. The summed E-state index contributed by atoms with van der Waals surface area (Å²) in [6.45, 7) is 7.14. The smallest absolute Gasteiger partial charge is 0.228 e. The first-order chi connectivity index (χ1) is 8.01. The first kappa shape index (κ1) is 14.8. The second-order valence-corrected chi connectivity index (χ2v) is 6.13. The molecule has 0 radical (unpaired) electrons. The average Bonchev–Trinajstić information content (AvgIpc) is 2.30. The zero-order chi connectivity index (χ0) is 12.9. The molecule has 0 heterocycles. The first-order valence-corrected chi connectivity index (χ1v) is 7.42. The molecule has 0 aromatic carbocycles. The van der Waals surface area contributed by atoms with E-state index in [0.717, 1.165) is 25.8 Å². The lowest BCUT2D eigenvalue weighted by Gasteiger charge is -2.39. The van der Waals surface area contributed by atoms with Gasteiger partial charge in [0.2, 0.25) is 5.91 Å². The van der Waals surface area contributed by atoms with Crippen molar-refractivity contribution in [2.24, 2.45) is 5.41 Å². The molecule has 3 heteroatoms. The van der Waals surface area contributed by atoms with Crippen LogP contribution >= 0.6 is 11.6 Å². The van der Waals surface area contributed by atoms with Crippen molar-refractivity contribution < 1.29 is 4.79 Å². The summed E-state index contributed by atoms with van der Waals surface area (Å²) in [5, 5.41) is 0. The van der Waals surface area contributed by atoms with Gasteiger partial charge in [0.15, 0.2) is 0 Å². The number of alkyl halides is 1. The van der Waals surface area contributed by atoms with Gasteiger partial charge in [-0.25, -0.2) is 0 Å². The summed E-state index contributed by atoms with van der Waals surface area (Å²) in [4.78, 5) is 14.7. The lowest BCUT2D eigenvalue weighted by Crippen LogP contribution is -2.47. The maximum atomic E-state index is 12.7. The molecule has 100 valence electrons. The van der Waals surface area contributed by atoms with E-state index in [0.29, 0.717) is 11.8 Å². The number of hydrogen-bond donors (Lipinski definition) is 0. The molecule has 0 spiro atoms. The Labute approximate surface area is 111 Å². The molecule has 0 aromatic rings. The van der Waals surface area contributed by atoms with Gasteiger partial charge in [-0.15, -0.1) is 11.6 Å². The summed E-state index contributed by atoms with van der Waals surface area (Å²) in [6, 6.07) is 0.282. The van der Waals surface area contributed by atoms with Crippen LogP contribution in [0.5, 0.6) is 0 Å². The van der Waals surface area contributed by atoms with Crippen molar-refractivity contribution in [1.29, 1.82) is 0 Å². The standard InChI is InChI=1S/C14H26ClNO/c1-12(2)16(11-7-10-15)13(17)14(3)8-5-4-6-9-14/h12H,4-11H2,1-3H3. The minimum absolute atomic E-state index is 0.116. The molecular formula is C14H26ClNO. The molecule has 17 heavy (non-hydrogen) atoms. The van der Waals surface area contributed by atoms with E-state index in [1.54, 1.807) is 0 Å². The maximum absolute atomic E-state index is 12.7. The van der Waals surface area contributed by atoms with Crippen LogP contribution in [0.25, 0.3) is 0 Å². The highest BCUT2D eigenvalue weighted by Gasteiger charge is 2.38. The normalized spacial score (nSPS) is 19.4. The van der Waals surface area contributed by atoms with Gasteiger partial charge in [0, 0.05) is 23.9 Å². The van der Waals surface area contributed by atoms with Gasteiger partial charge in [0.05, 0.1) is 0 Å². The Kier molecular flexibility index (Phi) is 5.78. The molecule has 1 aliphatic rings. The van der Waals surface area contributed by atoms with E-state index in [-0.39, 0.29) is 11.5 Å². The summed E-state index contributed by atoms with van der Waals surface area (Å²) in [6.07, 6.45) is 6.67. The van der Waals surface area contributed by atoms with Gasteiger partial charge in [-0.05, 0) is 33.1 Å². The second kappa shape index (κ2) is 6.63. The highest BCUT2D eigenvalue weighted by atomic mass is 35.5. The van der Waals surface area contributed by atoms with Gasteiger partial charge in [0.1, 0.15) is 0 Å². The van der Waals surface area contributed by atoms with Crippen LogP contribution in [0.2, 0.25) is 0 Å². The van der Waals surface area contributed by atoms with Crippen LogP contribution in [0.1, 0.15) is 59.3 Å². The summed E-state index contributed by atoms with van der Waals surface area (Å²) in [5.74, 6) is 0.977. The highest BCUT2D eigenvalue weighted by molar-refractivity contribution is 6.17. The van der Waals surface area contributed by atoms with E-state index in [4.69, 9.17) is 11.6 Å². The van der Waals surface area contributed by atoms with Crippen LogP contribution in [-0.4, -0.2) is 29.3 Å². The third kappa shape index (κ3) is 3.87. The van der Waals surface area contributed by atoms with Gasteiger partial charge in [0.25, 0.3) is 0 Å². The van der Waals surface area contributed by atoms with Crippen molar-refractivity contribution in [2.45, 2.75) is 65.3 Å². The summed E-state index contributed by atoms with van der Waals surface area (Å²) < 4.78 is 0. The largest absolute Gasteiger partial charge is 0.340 e. The SMILES string of the molecule is CC(C)N(CCCCl)C(=O)C1(C)CCCCC1. The van der Waals surface area contributed by atoms with E-state index in [9.17, 15) is 4.79 Å². The predicted octanol–water partition coefficient (Wildman–Crippen LogP) is 3.82. The molecule has 0 atom stereocenters. The van der Waals surface area contributed by atoms with Gasteiger partial charge in [-0.1, -0.05) is 26.2 Å². The molecule has 1 rings (SSSR count). The number of nitrogens with zero attached hydrogens (tertiary/aromatic N) is 1. The Bertz CT molecular complexity index is 247. The zero-order valence-electron chi connectivity index (χ0n) is 11.5. The van der Waals surface area contributed by atoms with Crippen LogP contribution < -0.4 is 0 Å². The van der Waals surface area contributed by atoms with Crippen molar-refractivity contribution in [3.63, 3.8) is 0 Å². The molecule has 0 N–H and O–H groups in total. The van der Waals surface area contributed by atoms with E-state index in [2.05, 4.69) is 20.8 Å². The Morgan fingerprint density at radius 3 is 2.35 bits per heavy atom. The van der Waals surface area contributed by atoms with Gasteiger partial charge in [-0.3, -0.25) is 4.79 Å². The van der Waals surface area contributed by atoms with Crippen molar-refractivity contribution in [2.75, 3.05) is 12.4 Å². The zero-order valence-corrected chi connectivity index (χ0v) is 12.2. The van der Waals surface area contributed by atoms with Crippen molar-refractivity contribution in [3.8, 4) is 0 Å². The first-order valence-electron chi connectivity index (χ1n) is 6.88. The Morgan fingerprint density at radius 1 is 1.29 bits per heavy atom. The van der Waals surface area contributed by atoms with E-state index < -0.39 is 0 Å². The van der Waals surface area contributed by atoms with Crippen LogP contribution in [0.15, 0.2) is 0 Å². The summed E-state index contributed by atoms with van der Waals surface area (Å²) >= 11 is 5.74. The minimum atomic E-state index is -0.116. The molecule has 0 bridgehead atoms. The van der Waals surface area contributed by atoms with Gasteiger partial charge < -0.3 is 4.90 Å². The number of amides is 1. The average molecular weight is 260 g/mol. The number of carbonyl (C=O) groups is 1. The second-order valence-electron chi connectivity index (χ2n) is 5.76. The molecule has 0 saturated heterocycles. The summed E-state index contributed by atoms with van der Waals surface area (Å²) in [7, 11) is 0. The fourth-order valence-electron chi connectivity index (χ4n) is 2.72. The van der Waals surface area contributed by atoms with Crippen LogP contribution in [0.4, 0.5) is 0 Å². The fraction of sp³-hybridized carbons (Fsp3) is 0.929. The van der Waals surface area contributed by atoms with E-state index in [1.807, 2.05) is 4.90 Å².